The van der Waals surface area contributed by atoms with E-state index in [2.05, 4.69) is 10.6 Å². The number of nitrogens with two attached hydrogens (primary N) is 1. The summed E-state index contributed by atoms with van der Waals surface area (Å²) in [5, 5.41) is 6.77. The first kappa shape index (κ1) is 15.6. The van der Waals surface area contributed by atoms with Gasteiger partial charge < -0.3 is 20.9 Å². The van der Waals surface area contributed by atoms with Crippen molar-refractivity contribution in [3.8, 4) is 0 Å². The molecule has 1 aliphatic heterocycles. The number of para-hydroxylation sites is 1. The lowest BCUT2D eigenvalue weighted by Gasteiger charge is -2.29. The average Bonchev–Trinajstić information content (AvgIpc) is 2.86. The quantitative estimate of drug-likeness (QED) is 0.748. The minimum Gasteiger partial charge on any atom is -0.350 e. The van der Waals surface area contributed by atoms with E-state index in [0.717, 1.165) is 16.5 Å². The fraction of sp³-hybridized carbons (Fsp3) is 0.412. The molecular weight excluding hydrogens is 292 g/mol. The predicted molar refractivity (Wildman–Crippen MR) is 88.8 cm³/mol. The molecule has 1 aromatic carbocycles. The highest BCUT2D eigenvalue weighted by Gasteiger charge is 2.33. The van der Waals surface area contributed by atoms with Crippen LogP contribution in [-0.2, 0) is 23.1 Å². The molecular formula is C17H22N4O2. The van der Waals surface area contributed by atoms with E-state index < -0.39 is 12.1 Å². The van der Waals surface area contributed by atoms with Gasteiger partial charge in [-0.15, -0.1) is 0 Å². The monoisotopic (exact) mass is 314 g/mol. The molecule has 0 radical (unpaired) electrons. The summed E-state index contributed by atoms with van der Waals surface area (Å²) in [4.78, 5) is 24.4. The van der Waals surface area contributed by atoms with Crippen LogP contribution in [0.25, 0.3) is 10.9 Å². The lowest BCUT2D eigenvalue weighted by Crippen LogP contribution is -2.62. The Kier molecular flexibility index (Phi) is 4.34. The van der Waals surface area contributed by atoms with Gasteiger partial charge in [-0.25, -0.2) is 0 Å². The first-order valence-electron chi connectivity index (χ1n) is 7.94. The third-order valence-electron chi connectivity index (χ3n) is 4.37. The van der Waals surface area contributed by atoms with Crippen LogP contribution in [0.5, 0.6) is 0 Å². The van der Waals surface area contributed by atoms with Crippen LogP contribution < -0.4 is 16.4 Å². The highest BCUT2D eigenvalue weighted by molar-refractivity contribution is 5.97. The average molecular weight is 314 g/mol. The Labute approximate surface area is 135 Å². The maximum Gasteiger partial charge on any atom is 0.243 e. The third-order valence-corrected chi connectivity index (χ3v) is 4.37. The van der Waals surface area contributed by atoms with Gasteiger partial charge in [0.05, 0.1) is 0 Å². The number of piperazine rings is 1. The van der Waals surface area contributed by atoms with Gasteiger partial charge in [-0.05, 0) is 31.0 Å². The smallest absolute Gasteiger partial charge is 0.243 e. The van der Waals surface area contributed by atoms with E-state index in [9.17, 15) is 9.59 Å². The van der Waals surface area contributed by atoms with Crippen molar-refractivity contribution in [1.82, 2.24) is 15.2 Å². The largest absolute Gasteiger partial charge is 0.350 e. The number of fused-ring (bicyclic) bond motifs is 1. The first-order valence-corrected chi connectivity index (χ1v) is 7.94. The minimum atomic E-state index is -0.526. The number of aryl methyl sites for hydroxylation is 1. The number of benzene rings is 1. The fourth-order valence-electron chi connectivity index (χ4n) is 3.15. The second-order valence-electron chi connectivity index (χ2n) is 6.04. The van der Waals surface area contributed by atoms with E-state index >= 15 is 0 Å². The number of hydrogen-bond acceptors (Lipinski definition) is 3. The van der Waals surface area contributed by atoms with Gasteiger partial charge in [-0.3, -0.25) is 9.59 Å². The molecule has 6 nitrogen and oxygen atoms in total. The Bertz CT molecular complexity index is 737. The lowest BCUT2D eigenvalue weighted by atomic mass is 10.00. The van der Waals surface area contributed by atoms with Crippen molar-refractivity contribution in [2.75, 3.05) is 6.54 Å². The number of aromatic nitrogens is 1. The van der Waals surface area contributed by atoms with E-state index in [1.807, 2.05) is 42.1 Å². The van der Waals surface area contributed by atoms with Gasteiger partial charge in [-0.2, -0.15) is 0 Å². The van der Waals surface area contributed by atoms with Gasteiger partial charge in [0.1, 0.15) is 12.1 Å². The molecule has 2 heterocycles. The molecule has 0 bridgehead atoms. The van der Waals surface area contributed by atoms with Crippen molar-refractivity contribution in [2.24, 2.45) is 12.8 Å². The number of carbonyl (C=O) groups excluding carboxylic acids is 2. The van der Waals surface area contributed by atoms with Crippen LogP contribution in [0.2, 0.25) is 0 Å². The molecule has 1 aliphatic rings. The molecule has 6 heteroatoms. The lowest BCUT2D eigenvalue weighted by molar-refractivity contribution is -0.136. The molecule has 0 unspecified atom stereocenters. The third kappa shape index (κ3) is 3.07. The molecule has 2 aromatic rings. The van der Waals surface area contributed by atoms with Crippen LogP contribution in [0.3, 0.4) is 0 Å². The highest BCUT2D eigenvalue weighted by atomic mass is 16.2. The Hall–Kier alpha value is -2.34. The molecule has 3 rings (SSSR count). The van der Waals surface area contributed by atoms with Crippen molar-refractivity contribution in [2.45, 2.75) is 31.3 Å². The Morgan fingerprint density at radius 1 is 1.13 bits per heavy atom. The first-order chi connectivity index (χ1) is 11.1. The van der Waals surface area contributed by atoms with Gasteiger partial charge >= 0.3 is 0 Å². The van der Waals surface area contributed by atoms with Gasteiger partial charge in [0.15, 0.2) is 0 Å². The van der Waals surface area contributed by atoms with Gasteiger partial charge in [-0.1, -0.05) is 18.2 Å². The Morgan fingerprint density at radius 2 is 1.83 bits per heavy atom. The zero-order valence-electron chi connectivity index (χ0n) is 13.2. The van der Waals surface area contributed by atoms with Crippen LogP contribution in [0, 0.1) is 0 Å². The number of nitrogens with one attached hydrogen (secondary N) is 2. The predicted octanol–water partition coefficient (Wildman–Crippen LogP) is 0.443. The zero-order chi connectivity index (χ0) is 16.4. The summed E-state index contributed by atoms with van der Waals surface area (Å²) in [7, 11) is 1.98. The van der Waals surface area contributed by atoms with Crippen molar-refractivity contribution in [1.29, 1.82) is 0 Å². The summed E-state index contributed by atoms with van der Waals surface area (Å²) in [5.74, 6) is -0.247. The summed E-state index contributed by atoms with van der Waals surface area (Å²) in [5.41, 5.74) is 7.64. The SMILES string of the molecule is Cn1cc(C[C@H]2NC(=O)[C@H](CCCN)NC2=O)c2ccccc21. The standard InChI is InChI=1S/C17H22N4O2/c1-21-10-11(12-5-2-3-7-15(12)21)9-14-17(23)19-13(6-4-8-18)16(22)20-14/h2-3,5,7,10,13-14H,4,6,8-9,18H2,1H3,(H,19,23)(H,20,22)/t13-,14+/m0/s1. The topological polar surface area (TPSA) is 89.2 Å². The number of nitrogens with zero attached hydrogens (tertiary/aromatic N) is 1. The second kappa shape index (κ2) is 6.42. The summed E-state index contributed by atoms with van der Waals surface area (Å²) in [6.07, 6.45) is 3.80. The summed E-state index contributed by atoms with van der Waals surface area (Å²) in [6, 6.07) is 7.06. The van der Waals surface area contributed by atoms with Crippen molar-refractivity contribution < 1.29 is 9.59 Å². The molecule has 2 atom stereocenters. The summed E-state index contributed by atoms with van der Waals surface area (Å²) < 4.78 is 2.04. The molecule has 0 aliphatic carbocycles. The number of rotatable bonds is 5. The van der Waals surface area contributed by atoms with Crippen LogP contribution in [0.15, 0.2) is 30.5 Å². The maximum atomic E-state index is 12.3. The van der Waals surface area contributed by atoms with Crippen LogP contribution >= 0.6 is 0 Å². The molecule has 0 saturated carbocycles. The zero-order valence-corrected chi connectivity index (χ0v) is 13.2. The van der Waals surface area contributed by atoms with Gasteiger partial charge in [0.2, 0.25) is 11.8 Å². The number of carbonyl (C=O) groups is 2. The summed E-state index contributed by atoms with van der Waals surface area (Å²) in [6.45, 7) is 0.513. The molecule has 2 amide bonds. The highest BCUT2D eigenvalue weighted by Crippen LogP contribution is 2.22. The number of hydrogen-bond donors (Lipinski definition) is 3. The molecule has 0 spiro atoms. The Balaban J connectivity index is 1.75. The van der Waals surface area contributed by atoms with E-state index in [-0.39, 0.29) is 11.8 Å². The minimum absolute atomic E-state index is 0.122. The molecule has 4 N–H and O–H groups in total. The van der Waals surface area contributed by atoms with E-state index in [1.54, 1.807) is 0 Å². The van der Waals surface area contributed by atoms with Gasteiger partial charge in [0.25, 0.3) is 0 Å². The molecule has 1 saturated heterocycles. The van der Waals surface area contributed by atoms with Crippen LogP contribution in [-0.4, -0.2) is 35.0 Å². The Morgan fingerprint density at radius 3 is 2.61 bits per heavy atom. The van der Waals surface area contributed by atoms with Gasteiger partial charge in [0, 0.05) is 30.6 Å². The van der Waals surface area contributed by atoms with E-state index in [4.69, 9.17) is 5.73 Å². The normalized spacial score (nSPS) is 21.3. The fourth-order valence-corrected chi connectivity index (χ4v) is 3.15. The summed E-state index contributed by atoms with van der Waals surface area (Å²) >= 11 is 0. The molecule has 1 aromatic heterocycles. The van der Waals surface area contributed by atoms with Crippen LogP contribution in [0.4, 0.5) is 0 Å². The number of amides is 2. The van der Waals surface area contributed by atoms with E-state index in [1.165, 1.54) is 0 Å². The molecule has 1 fully saturated rings. The maximum absolute atomic E-state index is 12.3. The van der Waals surface area contributed by atoms with Crippen LogP contribution in [0.1, 0.15) is 18.4 Å². The second-order valence-corrected chi connectivity index (χ2v) is 6.04. The van der Waals surface area contributed by atoms with Crippen molar-refractivity contribution in [3.63, 3.8) is 0 Å². The molecule has 122 valence electrons. The van der Waals surface area contributed by atoms with E-state index in [0.29, 0.717) is 25.8 Å². The van der Waals surface area contributed by atoms with Crippen molar-refractivity contribution >= 4 is 22.7 Å². The van der Waals surface area contributed by atoms with Crippen molar-refractivity contribution in [3.05, 3.63) is 36.0 Å². The molecule has 23 heavy (non-hydrogen) atoms.